The molecule has 0 saturated carbocycles. The third-order valence-electron chi connectivity index (χ3n) is 3.17. The van der Waals surface area contributed by atoms with Crippen molar-refractivity contribution in [2.45, 2.75) is 25.7 Å². The summed E-state index contributed by atoms with van der Waals surface area (Å²) in [7, 11) is 0. The molecule has 2 heterocycles. The minimum absolute atomic E-state index is 0.869. The van der Waals surface area contributed by atoms with Gasteiger partial charge < -0.3 is 0 Å². The summed E-state index contributed by atoms with van der Waals surface area (Å²) >= 11 is 0. The number of rotatable bonds is 5. The van der Waals surface area contributed by atoms with Crippen molar-refractivity contribution in [1.82, 2.24) is 19.6 Å². The number of aryl methyl sites for hydroxylation is 2. The second-order valence-electron chi connectivity index (χ2n) is 4.60. The quantitative estimate of drug-likeness (QED) is 0.656. The minimum atomic E-state index is 0.869. The highest BCUT2D eigenvalue weighted by Gasteiger charge is 2.00. The van der Waals surface area contributed by atoms with E-state index in [4.69, 9.17) is 0 Å². The summed E-state index contributed by atoms with van der Waals surface area (Å²) in [5.41, 5.74) is 2.27. The topological polar surface area (TPSA) is 43.1 Å². The van der Waals surface area contributed by atoms with Crippen LogP contribution in [-0.2, 0) is 12.8 Å². The molecule has 2 aromatic heterocycles. The monoisotopic (exact) mass is 252 g/mol. The predicted molar refractivity (Wildman–Crippen MR) is 73.9 cm³/mol. The number of nitrogens with zero attached hydrogens (tertiary/aromatic N) is 4. The van der Waals surface area contributed by atoms with Gasteiger partial charge in [0.15, 0.2) is 5.65 Å². The van der Waals surface area contributed by atoms with Gasteiger partial charge in [-0.15, -0.1) is 0 Å². The zero-order valence-electron chi connectivity index (χ0n) is 10.7. The Kier molecular flexibility index (Phi) is 3.49. The molecule has 0 aliphatic rings. The molecular weight excluding hydrogens is 236 g/mol. The van der Waals surface area contributed by atoms with E-state index in [1.54, 1.807) is 17.0 Å². The van der Waals surface area contributed by atoms with E-state index in [2.05, 4.69) is 45.4 Å². The molecule has 3 aromatic rings. The molecule has 4 heteroatoms. The number of hydrogen-bond acceptors (Lipinski definition) is 3. The Morgan fingerprint density at radius 1 is 0.947 bits per heavy atom. The molecule has 0 bridgehead atoms. The molecule has 19 heavy (non-hydrogen) atoms. The van der Waals surface area contributed by atoms with Crippen LogP contribution in [0.2, 0.25) is 0 Å². The van der Waals surface area contributed by atoms with Gasteiger partial charge in [-0.2, -0.15) is 5.10 Å². The molecular formula is C15H16N4. The molecule has 0 unspecified atom stereocenters. The van der Waals surface area contributed by atoms with E-state index < -0.39 is 0 Å². The first kappa shape index (κ1) is 11.8. The first-order valence-corrected chi connectivity index (χ1v) is 6.61. The fourth-order valence-electron chi connectivity index (χ4n) is 2.14. The van der Waals surface area contributed by atoms with E-state index in [1.165, 1.54) is 5.56 Å². The van der Waals surface area contributed by atoms with Crippen LogP contribution in [0.3, 0.4) is 0 Å². The summed E-state index contributed by atoms with van der Waals surface area (Å²) in [5, 5.41) is 4.09. The highest BCUT2D eigenvalue weighted by Crippen LogP contribution is 2.07. The van der Waals surface area contributed by atoms with Crippen molar-refractivity contribution in [3.8, 4) is 0 Å². The number of benzene rings is 1. The normalized spacial score (nSPS) is 10.9. The Bertz CT molecular complexity index is 645. The summed E-state index contributed by atoms with van der Waals surface area (Å²) in [5.74, 6) is 0.904. The Balaban J connectivity index is 1.52. The van der Waals surface area contributed by atoms with Gasteiger partial charge in [-0.3, -0.25) is 0 Å². The first-order chi connectivity index (χ1) is 9.42. The molecule has 96 valence electrons. The minimum Gasteiger partial charge on any atom is -0.221 e. The number of hydrogen-bond donors (Lipinski definition) is 0. The average molecular weight is 252 g/mol. The average Bonchev–Trinajstić information content (AvgIpc) is 2.92. The fraction of sp³-hybridized carbons (Fsp3) is 0.267. The largest absolute Gasteiger partial charge is 0.221 e. The van der Waals surface area contributed by atoms with Crippen molar-refractivity contribution >= 4 is 5.65 Å². The molecule has 0 aliphatic heterocycles. The SMILES string of the molecule is c1ccc(CCCCc2ncn3nccc3n2)cc1. The molecule has 1 aromatic carbocycles. The van der Waals surface area contributed by atoms with Gasteiger partial charge >= 0.3 is 0 Å². The van der Waals surface area contributed by atoms with Gasteiger partial charge in [0.25, 0.3) is 0 Å². The van der Waals surface area contributed by atoms with E-state index in [0.29, 0.717) is 0 Å². The van der Waals surface area contributed by atoms with Crippen molar-refractivity contribution in [2.75, 3.05) is 0 Å². The number of aromatic nitrogens is 4. The van der Waals surface area contributed by atoms with Crippen LogP contribution in [0.4, 0.5) is 0 Å². The van der Waals surface area contributed by atoms with Crippen molar-refractivity contribution < 1.29 is 0 Å². The summed E-state index contributed by atoms with van der Waals surface area (Å²) in [6.45, 7) is 0. The summed E-state index contributed by atoms with van der Waals surface area (Å²) in [6.07, 6.45) is 7.79. The van der Waals surface area contributed by atoms with Crippen molar-refractivity contribution in [2.24, 2.45) is 0 Å². The van der Waals surface area contributed by atoms with Crippen molar-refractivity contribution in [1.29, 1.82) is 0 Å². The van der Waals surface area contributed by atoms with Gasteiger partial charge in [0.2, 0.25) is 0 Å². The third-order valence-corrected chi connectivity index (χ3v) is 3.17. The molecule has 0 saturated heterocycles. The Morgan fingerprint density at radius 2 is 1.79 bits per heavy atom. The van der Waals surface area contributed by atoms with Gasteiger partial charge in [0, 0.05) is 12.5 Å². The van der Waals surface area contributed by atoms with Crippen LogP contribution in [0.1, 0.15) is 24.2 Å². The highest BCUT2D eigenvalue weighted by molar-refractivity contribution is 5.34. The van der Waals surface area contributed by atoms with Crippen LogP contribution in [0, 0.1) is 0 Å². The van der Waals surface area contributed by atoms with E-state index in [0.717, 1.165) is 37.2 Å². The molecule has 0 amide bonds. The second kappa shape index (κ2) is 5.61. The number of fused-ring (bicyclic) bond motifs is 1. The van der Waals surface area contributed by atoms with Gasteiger partial charge in [-0.25, -0.2) is 14.5 Å². The van der Waals surface area contributed by atoms with Crippen LogP contribution >= 0.6 is 0 Å². The highest BCUT2D eigenvalue weighted by atomic mass is 15.3. The third kappa shape index (κ3) is 2.96. The maximum absolute atomic E-state index is 4.47. The maximum Gasteiger partial charge on any atom is 0.158 e. The van der Waals surface area contributed by atoms with Gasteiger partial charge in [0.1, 0.15) is 12.2 Å². The van der Waals surface area contributed by atoms with Crippen LogP contribution in [0.15, 0.2) is 48.9 Å². The Morgan fingerprint density at radius 3 is 2.68 bits per heavy atom. The second-order valence-corrected chi connectivity index (χ2v) is 4.60. The first-order valence-electron chi connectivity index (χ1n) is 6.61. The van der Waals surface area contributed by atoms with E-state index in [1.807, 2.05) is 6.07 Å². The van der Waals surface area contributed by atoms with Crippen LogP contribution in [0.25, 0.3) is 5.65 Å². The van der Waals surface area contributed by atoms with Gasteiger partial charge in [0.05, 0.1) is 6.20 Å². The molecule has 4 nitrogen and oxygen atoms in total. The van der Waals surface area contributed by atoms with Crippen molar-refractivity contribution in [3.05, 3.63) is 60.3 Å². The van der Waals surface area contributed by atoms with Crippen molar-refractivity contribution in [3.63, 3.8) is 0 Å². The molecule has 0 atom stereocenters. The van der Waals surface area contributed by atoms with E-state index >= 15 is 0 Å². The smallest absolute Gasteiger partial charge is 0.158 e. The lowest BCUT2D eigenvalue weighted by Gasteiger charge is -2.02. The van der Waals surface area contributed by atoms with Gasteiger partial charge in [-0.05, 0) is 24.8 Å². The zero-order chi connectivity index (χ0) is 12.9. The predicted octanol–water partition coefficient (Wildman–Crippen LogP) is 2.69. The van der Waals surface area contributed by atoms with Crippen LogP contribution in [-0.4, -0.2) is 19.6 Å². The van der Waals surface area contributed by atoms with E-state index in [9.17, 15) is 0 Å². The molecule has 0 N–H and O–H groups in total. The Hall–Kier alpha value is -2.23. The standard InChI is InChI=1S/C15H16N4/c1-2-6-13(7-3-1)8-4-5-9-14-16-12-19-15(18-14)10-11-17-19/h1-3,6-7,10-12H,4-5,8-9H2. The molecule has 0 radical (unpaired) electrons. The summed E-state index contributed by atoms with van der Waals surface area (Å²) in [4.78, 5) is 8.78. The zero-order valence-corrected chi connectivity index (χ0v) is 10.7. The Labute approximate surface area is 112 Å². The van der Waals surface area contributed by atoms with E-state index in [-0.39, 0.29) is 0 Å². The summed E-state index contributed by atoms with van der Waals surface area (Å²) < 4.78 is 1.69. The molecule has 0 fully saturated rings. The molecule has 0 spiro atoms. The molecule has 0 aliphatic carbocycles. The lowest BCUT2D eigenvalue weighted by molar-refractivity contribution is 0.700. The number of unbranched alkanes of at least 4 members (excludes halogenated alkanes) is 1. The van der Waals surface area contributed by atoms with Crippen LogP contribution < -0.4 is 0 Å². The lowest BCUT2D eigenvalue weighted by atomic mass is 10.1. The summed E-state index contributed by atoms with van der Waals surface area (Å²) in [6, 6.07) is 12.5. The lowest BCUT2D eigenvalue weighted by Crippen LogP contribution is -2.00. The molecule has 3 rings (SSSR count). The van der Waals surface area contributed by atoms with Crippen LogP contribution in [0.5, 0.6) is 0 Å². The van der Waals surface area contributed by atoms with Gasteiger partial charge in [-0.1, -0.05) is 30.3 Å². The fourth-order valence-corrected chi connectivity index (χ4v) is 2.14. The maximum atomic E-state index is 4.47.